The van der Waals surface area contributed by atoms with Gasteiger partial charge < -0.3 is 45.9 Å². The zero-order chi connectivity index (χ0) is 29.5. The summed E-state index contributed by atoms with van der Waals surface area (Å²) >= 11 is 3.70. The molecule has 2 rings (SSSR count). The Labute approximate surface area is 264 Å². The number of imidazole rings is 1. The van der Waals surface area contributed by atoms with Crippen LogP contribution in [0.2, 0.25) is 0 Å². The van der Waals surface area contributed by atoms with Crippen molar-refractivity contribution in [3.63, 3.8) is 0 Å². The van der Waals surface area contributed by atoms with Crippen LogP contribution in [0.1, 0.15) is 40.3 Å². The number of carbonyl (C=O) groups excluding carboxylic acids is 1. The zero-order valence-electron chi connectivity index (χ0n) is 24.0. The third-order valence-electron chi connectivity index (χ3n) is 4.82. The number of ketones is 1. The summed E-state index contributed by atoms with van der Waals surface area (Å²) in [5.41, 5.74) is 3.78. The quantitative estimate of drug-likeness (QED) is 0.0507. The van der Waals surface area contributed by atoms with Crippen molar-refractivity contribution in [3.05, 3.63) is 58.7 Å². The molecule has 0 amide bonds. The minimum Gasteiger partial charge on any atom is -0.753 e. The number of hydrogen-bond acceptors (Lipinski definition) is 10. The Morgan fingerprint density at radius 3 is 2.12 bits per heavy atom. The predicted octanol–water partition coefficient (Wildman–Crippen LogP) is 1.44. The molecule has 40 heavy (non-hydrogen) atoms. The maximum absolute atomic E-state index is 12.8. The van der Waals surface area contributed by atoms with E-state index >= 15 is 0 Å². The van der Waals surface area contributed by atoms with Crippen molar-refractivity contribution in [3.8, 4) is 0 Å². The summed E-state index contributed by atoms with van der Waals surface area (Å²) in [6, 6.07) is 0. The Kier molecular flexibility index (Phi) is 32.9. The fourth-order valence-corrected chi connectivity index (χ4v) is 3.14. The Morgan fingerprint density at radius 1 is 1.15 bits per heavy atom. The van der Waals surface area contributed by atoms with Crippen LogP contribution in [0.25, 0.3) is 5.41 Å². The first kappa shape index (κ1) is 45.4. The molecule has 0 saturated heterocycles. The standard InChI is InChI=1S/C21H33N5O.2C2H6O2.CNS.2Ni/c1-5-26(6-2)10-9-25(4)15-19-12-17(3)11-18(21(19)27)13-22-8-7-20-14-23-16-24-20;2*1-2(3)4;2-1-3;;/h11-14,16,22H,5-10,15H2,1-4H3,(H,23,24);2*2-4H,1H3;;;/q;;;-1;;+2. The number of carbonyl (C=O) groups is 1. The summed E-state index contributed by atoms with van der Waals surface area (Å²) in [4.78, 5) is 24.5. The molecule has 0 fully saturated rings. The van der Waals surface area contributed by atoms with E-state index in [1.165, 1.54) is 19.0 Å². The fraction of sp³-hybridized carbons (Fsp3) is 0.577. The van der Waals surface area contributed by atoms with Gasteiger partial charge in [-0.3, -0.25) is 4.79 Å². The molecule has 11 nitrogen and oxygen atoms in total. The number of H-pyrrole nitrogens is 1. The topological polar surface area (TPSA) is 167 Å². The summed E-state index contributed by atoms with van der Waals surface area (Å²) < 4.78 is 0. The van der Waals surface area contributed by atoms with E-state index in [-0.39, 0.29) is 38.8 Å². The average Bonchev–Trinajstić information content (AvgIpc) is 3.33. The molecule has 1 aromatic rings. The van der Waals surface area contributed by atoms with Crippen molar-refractivity contribution in [2.45, 2.75) is 53.6 Å². The van der Waals surface area contributed by atoms with E-state index in [1.54, 1.807) is 6.33 Å². The van der Waals surface area contributed by atoms with E-state index in [2.05, 4.69) is 58.2 Å². The number of thiocarbonyl (C=S) groups is 1. The van der Waals surface area contributed by atoms with Crippen LogP contribution in [-0.4, -0.2) is 110 Å². The molecule has 1 aliphatic rings. The van der Waals surface area contributed by atoms with Crippen LogP contribution in [-0.2, 0) is 44.2 Å². The molecule has 0 aromatic carbocycles. The summed E-state index contributed by atoms with van der Waals surface area (Å²) in [5.74, 6) is 0.115. The van der Waals surface area contributed by atoms with Crippen molar-refractivity contribution >= 4 is 23.2 Å². The van der Waals surface area contributed by atoms with Gasteiger partial charge in [0.05, 0.1) is 6.33 Å². The van der Waals surface area contributed by atoms with Gasteiger partial charge >= 0.3 is 16.5 Å². The molecule has 1 aliphatic carbocycles. The molecule has 14 heteroatoms. The van der Waals surface area contributed by atoms with Gasteiger partial charge in [-0.05, 0) is 52.6 Å². The summed E-state index contributed by atoms with van der Waals surface area (Å²) in [5, 5.41) is 42.2. The number of aliphatic hydroxyl groups excluding tert-OH is 2. The van der Waals surface area contributed by atoms with Crippen LogP contribution in [0.5, 0.6) is 0 Å². The second-order valence-electron chi connectivity index (χ2n) is 8.39. The number of allylic oxidation sites excluding steroid dienone is 4. The van der Waals surface area contributed by atoms with Gasteiger partial charge in [0.1, 0.15) is 12.6 Å². The van der Waals surface area contributed by atoms with Crippen molar-refractivity contribution in [1.82, 2.24) is 25.1 Å². The number of isothiocyanates is 1. The molecule has 0 saturated carbocycles. The van der Waals surface area contributed by atoms with E-state index in [0.29, 0.717) is 6.54 Å². The summed E-state index contributed by atoms with van der Waals surface area (Å²) in [7, 11) is 2.08. The van der Waals surface area contributed by atoms with Crippen LogP contribution >= 0.6 is 12.2 Å². The van der Waals surface area contributed by atoms with Crippen molar-refractivity contribution in [2.24, 2.45) is 0 Å². The molecule has 0 radical (unpaired) electrons. The van der Waals surface area contributed by atoms with Crippen LogP contribution in [0.3, 0.4) is 0 Å². The van der Waals surface area contributed by atoms with Crippen molar-refractivity contribution in [1.29, 1.82) is 0 Å². The van der Waals surface area contributed by atoms with Crippen LogP contribution < -0.4 is 5.32 Å². The molecule has 0 spiro atoms. The molecular weight excluding hydrogens is 626 g/mol. The molecule has 0 atom stereocenters. The normalized spacial score (nSPS) is 12.9. The molecule has 1 heterocycles. The van der Waals surface area contributed by atoms with Gasteiger partial charge in [-0.1, -0.05) is 32.1 Å². The monoisotopic (exact) mass is 669 g/mol. The SMILES string of the molecule is CC(O)O.CC(O)O.CCN(CC)CCN(C)CC1=CC(C)=CC(=CNCCc2cnc[nH]2)C1=O.[N-]=C=S.[Ni+2].[Ni]. The molecular formula is C26H45N6Ni2O5S+. The average molecular weight is 671 g/mol. The molecule has 0 aliphatic heterocycles. The van der Waals surface area contributed by atoms with Gasteiger partial charge in [0, 0.05) is 78.3 Å². The minimum atomic E-state index is -1.17. The van der Waals surface area contributed by atoms with E-state index in [1.807, 2.05) is 31.5 Å². The Bertz CT molecular complexity index is 875. The number of hydrogen-bond donors (Lipinski definition) is 6. The zero-order valence-corrected chi connectivity index (χ0v) is 26.8. The third-order valence-corrected chi connectivity index (χ3v) is 4.82. The Hall–Kier alpha value is -1.55. The van der Waals surface area contributed by atoms with Crippen molar-refractivity contribution < 1.29 is 58.2 Å². The van der Waals surface area contributed by atoms with Gasteiger partial charge in [0.25, 0.3) is 0 Å². The van der Waals surface area contributed by atoms with E-state index in [4.69, 9.17) is 25.8 Å². The number of aromatic amines is 1. The number of aliphatic hydroxyl groups is 4. The Balaban J connectivity index is -0.000000427. The van der Waals surface area contributed by atoms with Gasteiger partial charge in [-0.25, -0.2) is 4.98 Å². The predicted molar refractivity (Wildman–Crippen MR) is 154 cm³/mol. The number of nitrogens with zero attached hydrogens (tertiary/aromatic N) is 4. The first-order valence-corrected chi connectivity index (χ1v) is 12.8. The number of Topliss-reactive ketones (excluding diaryl/α,β-unsaturated/α-hetero) is 1. The first-order chi connectivity index (χ1) is 17.9. The van der Waals surface area contributed by atoms with E-state index < -0.39 is 12.6 Å². The van der Waals surface area contributed by atoms with Gasteiger partial charge in [-0.2, -0.15) is 5.16 Å². The first-order valence-electron chi connectivity index (χ1n) is 12.4. The third kappa shape index (κ3) is 26.7. The van der Waals surface area contributed by atoms with E-state index in [0.717, 1.165) is 61.6 Å². The van der Waals surface area contributed by atoms with Crippen molar-refractivity contribution in [2.75, 3.05) is 46.3 Å². The second kappa shape index (κ2) is 29.0. The van der Waals surface area contributed by atoms with E-state index in [9.17, 15) is 4.79 Å². The van der Waals surface area contributed by atoms with Crippen LogP contribution in [0, 0.1) is 0 Å². The van der Waals surface area contributed by atoms with Gasteiger partial charge in [-0.15, -0.1) is 0 Å². The second-order valence-corrected chi connectivity index (χ2v) is 8.57. The Morgan fingerprint density at radius 2 is 1.68 bits per heavy atom. The molecule has 0 bridgehead atoms. The minimum absolute atomic E-state index is 0. The molecule has 6 N–H and O–H groups in total. The number of likely N-dealkylation sites (N-methyl/N-ethyl adjacent to an activating group) is 2. The van der Waals surface area contributed by atoms with Gasteiger partial charge in [0.2, 0.25) is 0 Å². The smallest absolute Gasteiger partial charge is 0.753 e. The fourth-order valence-electron chi connectivity index (χ4n) is 3.14. The maximum Gasteiger partial charge on any atom is 2.00 e. The largest absolute Gasteiger partial charge is 2.00 e. The molecule has 234 valence electrons. The molecule has 0 unspecified atom stereocenters. The summed E-state index contributed by atoms with van der Waals surface area (Å²) in [6.45, 7) is 14.5. The van der Waals surface area contributed by atoms with Gasteiger partial charge in [0.15, 0.2) is 5.78 Å². The maximum atomic E-state index is 12.8. The number of aromatic nitrogens is 2. The summed E-state index contributed by atoms with van der Waals surface area (Å²) in [6.07, 6.45) is 7.81. The number of rotatable bonds is 11. The molecule has 1 aromatic heterocycles. The van der Waals surface area contributed by atoms with Crippen LogP contribution in [0.4, 0.5) is 0 Å². The van der Waals surface area contributed by atoms with Crippen LogP contribution in [0.15, 0.2) is 47.6 Å². The number of nitrogens with one attached hydrogen (secondary N) is 2.